The van der Waals surface area contributed by atoms with E-state index in [-0.39, 0.29) is 5.92 Å². The summed E-state index contributed by atoms with van der Waals surface area (Å²) in [4.78, 5) is 2.77. The summed E-state index contributed by atoms with van der Waals surface area (Å²) in [5, 5.41) is 8.74. The minimum absolute atomic E-state index is 0.0839. The summed E-state index contributed by atoms with van der Waals surface area (Å²) in [6.07, 6.45) is 3.77. The highest BCUT2D eigenvalue weighted by atomic mass is 32.1. The van der Waals surface area contributed by atoms with Crippen molar-refractivity contribution >= 4 is 11.3 Å². The van der Waals surface area contributed by atoms with Gasteiger partial charge >= 0.3 is 0 Å². The van der Waals surface area contributed by atoms with Crippen molar-refractivity contribution in [1.29, 1.82) is 5.26 Å². The van der Waals surface area contributed by atoms with Crippen LogP contribution in [0.25, 0.3) is 0 Å². The fourth-order valence-electron chi connectivity index (χ4n) is 1.63. The van der Waals surface area contributed by atoms with Gasteiger partial charge in [-0.15, -0.1) is 11.3 Å². The van der Waals surface area contributed by atoms with Crippen LogP contribution in [0.1, 0.15) is 34.6 Å². The molecule has 0 aliphatic heterocycles. The lowest BCUT2D eigenvalue weighted by Crippen LogP contribution is -1.83. The van der Waals surface area contributed by atoms with Crippen LogP contribution < -0.4 is 0 Å². The van der Waals surface area contributed by atoms with E-state index < -0.39 is 0 Å². The first kappa shape index (κ1) is 7.82. The van der Waals surface area contributed by atoms with Crippen LogP contribution in [0.2, 0.25) is 0 Å². The number of nitrogens with zero attached hydrogens (tertiary/aromatic N) is 1. The maximum atomic E-state index is 8.74. The predicted octanol–water partition coefficient (Wildman–Crippen LogP) is 2.86. The van der Waals surface area contributed by atoms with Gasteiger partial charge in [0, 0.05) is 9.75 Å². The van der Waals surface area contributed by atoms with Crippen molar-refractivity contribution in [2.24, 2.45) is 0 Å². The van der Waals surface area contributed by atoms with Gasteiger partial charge in [0.2, 0.25) is 0 Å². The van der Waals surface area contributed by atoms with Crippen molar-refractivity contribution < 1.29 is 0 Å². The Labute approximate surface area is 76.6 Å². The van der Waals surface area contributed by atoms with Gasteiger partial charge in [-0.25, -0.2) is 0 Å². The third-order valence-corrected chi connectivity index (χ3v) is 3.81. The smallest absolute Gasteiger partial charge is 0.0778 e. The second-order valence-electron chi connectivity index (χ2n) is 3.30. The normalized spacial score (nSPS) is 17.0. The van der Waals surface area contributed by atoms with Crippen molar-refractivity contribution in [3.8, 4) is 6.07 Å². The van der Waals surface area contributed by atoms with Gasteiger partial charge in [0.25, 0.3) is 0 Å². The van der Waals surface area contributed by atoms with Crippen LogP contribution in [0.15, 0.2) is 6.07 Å². The predicted molar refractivity (Wildman–Crippen MR) is 50.4 cm³/mol. The fraction of sp³-hybridized carbons (Fsp3) is 0.500. The number of fused-ring (bicyclic) bond motifs is 1. The van der Waals surface area contributed by atoms with Gasteiger partial charge in [-0.2, -0.15) is 5.26 Å². The lowest BCUT2D eigenvalue weighted by molar-refractivity contribution is 0.910. The first-order chi connectivity index (χ1) is 5.81. The van der Waals surface area contributed by atoms with Crippen LogP contribution >= 0.6 is 11.3 Å². The summed E-state index contributed by atoms with van der Waals surface area (Å²) in [6.45, 7) is 1.97. The molecule has 62 valence electrons. The Hall–Kier alpha value is -0.810. The van der Waals surface area contributed by atoms with Gasteiger partial charge in [-0.3, -0.25) is 0 Å². The molecule has 0 radical (unpaired) electrons. The average molecular weight is 177 g/mol. The van der Waals surface area contributed by atoms with Gasteiger partial charge in [0.05, 0.1) is 12.0 Å². The Kier molecular flexibility index (Phi) is 1.90. The third-order valence-electron chi connectivity index (χ3n) is 2.39. The van der Waals surface area contributed by atoms with Crippen LogP contribution in [0.3, 0.4) is 0 Å². The second kappa shape index (κ2) is 2.91. The summed E-state index contributed by atoms with van der Waals surface area (Å²) in [7, 11) is 0. The lowest BCUT2D eigenvalue weighted by atomic mass is 10.1. The Morgan fingerprint density at radius 1 is 1.58 bits per heavy atom. The number of hydrogen-bond donors (Lipinski definition) is 0. The molecule has 0 aromatic carbocycles. The molecule has 2 heteroatoms. The topological polar surface area (TPSA) is 23.8 Å². The first-order valence-corrected chi connectivity index (χ1v) is 5.14. The highest BCUT2D eigenvalue weighted by Crippen LogP contribution is 2.33. The zero-order chi connectivity index (χ0) is 8.55. The standard InChI is InChI=1S/C10H11NS/c1-7(6-11)10-5-8-3-2-4-9(8)12-10/h5,7H,2-4H2,1H3. The minimum atomic E-state index is 0.0839. The van der Waals surface area contributed by atoms with E-state index in [1.54, 1.807) is 0 Å². The summed E-state index contributed by atoms with van der Waals surface area (Å²) < 4.78 is 0. The molecule has 0 amide bonds. The van der Waals surface area contributed by atoms with Crippen LogP contribution in [0.5, 0.6) is 0 Å². The molecule has 0 N–H and O–H groups in total. The van der Waals surface area contributed by atoms with Crippen LogP contribution in [0.4, 0.5) is 0 Å². The summed E-state index contributed by atoms with van der Waals surface area (Å²) in [6, 6.07) is 4.50. The number of rotatable bonds is 1. The number of nitriles is 1. The van der Waals surface area contributed by atoms with Crippen molar-refractivity contribution in [2.75, 3.05) is 0 Å². The van der Waals surface area contributed by atoms with E-state index in [9.17, 15) is 0 Å². The van der Waals surface area contributed by atoms with E-state index in [0.29, 0.717) is 0 Å². The van der Waals surface area contributed by atoms with E-state index in [4.69, 9.17) is 5.26 Å². The van der Waals surface area contributed by atoms with Crippen molar-refractivity contribution in [1.82, 2.24) is 0 Å². The van der Waals surface area contributed by atoms with E-state index in [1.807, 2.05) is 18.3 Å². The molecule has 1 aliphatic rings. The average Bonchev–Trinajstić information content (AvgIpc) is 2.60. The Bertz CT molecular complexity index is 311. The highest BCUT2D eigenvalue weighted by molar-refractivity contribution is 7.12. The number of hydrogen-bond acceptors (Lipinski definition) is 2. The quantitative estimate of drug-likeness (QED) is 0.647. The number of thiophene rings is 1. The fourth-order valence-corrected chi connectivity index (χ4v) is 2.88. The molecule has 1 nitrogen and oxygen atoms in total. The monoisotopic (exact) mass is 177 g/mol. The van der Waals surface area contributed by atoms with E-state index in [1.165, 1.54) is 34.6 Å². The minimum Gasteiger partial charge on any atom is -0.198 e. The zero-order valence-electron chi connectivity index (χ0n) is 7.13. The summed E-state index contributed by atoms with van der Waals surface area (Å²) in [5.74, 6) is 0.0839. The molecule has 0 fully saturated rings. The summed E-state index contributed by atoms with van der Waals surface area (Å²) in [5.41, 5.74) is 1.50. The number of aryl methyl sites for hydroxylation is 2. The molecule has 1 aliphatic carbocycles. The van der Waals surface area contributed by atoms with Gasteiger partial charge in [0.1, 0.15) is 0 Å². The molecular weight excluding hydrogens is 166 g/mol. The molecule has 2 rings (SSSR count). The Balaban J connectivity index is 2.32. The Morgan fingerprint density at radius 3 is 3.08 bits per heavy atom. The van der Waals surface area contributed by atoms with Crippen molar-refractivity contribution in [3.63, 3.8) is 0 Å². The molecule has 0 bridgehead atoms. The van der Waals surface area contributed by atoms with Gasteiger partial charge < -0.3 is 0 Å². The molecule has 0 saturated heterocycles. The van der Waals surface area contributed by atoms with E-state index in [0.717, 1.165) is 0 Å². The molecular formula is C10H11NS. The van der Waals surface area contributed by atoms with E-state index >= 15 is 0 Å². The largest absolute Gasteiger partial charge is 0.198 e. The zero-order valence-corrected chi connectivity index (χ0v) is 7.95. The lowest BCUT2D eigenvalue weighted by Gasteiger charge is -1.95. The third kappa shape index (κ3) is 1.15. The molecule has 1 unspecified atom stereocenters. The molecule has 1 atom stereocenters. The van der Waals surface area contributed by atoms with Crippen LogP contribution in [-0.2, 0) is 12.8 Å². The van der Waals surface area contributed by atoms with Gasteiger partial charge in [0.15, 0.2) is 0 Å². The molecule has 1 aromatic heterocycles. The van der Waals surface area contributed by atoms with Gasteiger partial charge in [-0.1, -0.05) is 0 Å². The van der Waals surface area contributed by atoms with Crippen LogP contribution in [-0.4, -0.2) is 0 Å². The molecule has 1 heterocycles. The molecule has 12 heavy (non-hydrogen) atoms. The van der Waals surface area contributed by atoms with Crippen molar-refractivity contribution in [3.05, 3.63) is 21.4 Å². The maximum Gasteiger partial charge on any atom is 0.0778 e. The highest BCUT2D eigenvalue weighted by Gasteiger charge is 2.17. The van der Waals surface area contributed by atoms with E-state index in [2.05, 4.69) is 12.1 Å². The first-order valence-electron chi connectivity index (χ1n) is 4.32. The SMILES string of the molecule is CC(C#N)c1cc2c(s1)CCC2. The van der Waals surface area contributed by atoms with Crippen molar-refractivity contribution in [2.45, 2.75) is 32.1 Å². The van der Waals surface area contributed by atoms with Crippen LogP contribution in [0, 0.1) is 11.3 Å². The molecule has 1 aromatic rings. The maximum absolute atomic E-state index is 8.74. The molecule has 0 saturated carbocycles. The second-order valence-corrected chi connectivity index (χ2v) is 4.47. The molecule has 0 spiro atoms. The van der Waals surface area contributed by atoms with Gasteiger partial charge in [-0.05, 0) is 37.8 Å². The summed E-state index contributed by atoms with van der Waals surface area (Å²) >= 11 is 1.83. The Morgan fingerprint density at radius 2 is 2.42 bits per heavy atom.